The van der Waals surface area contributed by atoms with Gasteiger partial charge in [0.2, 0.25) is 0 Å². The Morgan fingerprint density at radius 2 is 1.63 bits per heavy atom. The van der Waals surface area contributed by atoms with Crippen molar-refractivity contribution in [1.82, 2.24) is 10.7 Å². The maximum Gasteiger partial charge on any atom is 0.262 e. The van der Waals surface area contributed by atoms with Crippen LogP contribution in [0.25, 0.3) is 0 Å². The molecule has 35 heavy (non-hydrogen) atoms. The van der Waals surface area contributed by atoms with Gasteiger partial charge in [0, 0.05) is 16.1 Å². The van der Waals surface area contributed by atoms with Crippen LogP contribution in [-0.4, -0.2) is 31.2 Å². The molecule has 0 aromatic heterocycles. The van der Waals surface area contributed by atoms with Gasteiger partial charge >= 0.3 is 0 Å². The molecule has 0 bridgehead atoms. The molecule has 1 unspecified atom stereocenters. The molecule has 3 rings (SSSR count). The molecule has 0 spiro atoms. The lowest BCUT2D eigenvalue weighted by Gasteiger charge is -2.20. The normalized spacial score (nSPS) is 11.8. The SMILES string of the molecule is COc1ccc(C(=O)NC(C(=O)N/N=C/c2ccc(OCc3ccccc3Cl)cc2)C(C)C)cc1. The zero-order valence-corrected chi connectivity index (χ0v) is 20.6. The Morgan fingerprint density at radius 3 is 2.26 bits per heavy atom. The predicted octanol–water partition coefficient (Wildman–Crippen LogP) is 4.83. The Bertz CT molecular complexity index is 1160. The number of ether oxygens (including phenoxy) is 2. The quantitative estimate of drug-likeness (QED) is 0.312. The van der Waals surface area contributed by atoms with Crippen molar-refractivity contribution in [1.29, 1.82) is 0 Å². The molecular weight excluding hydrogens is 466 g/mol. The third kappa shape index (κ3) is 7.58. The number of methoxy groups -OCH3 is 1. The number of benzene rings is 3. The van der Waals surface area contributed by atoms with E-state index in [4.69, 9.17) is 21.1 Å². The molecule has 0 aliphatic heterocycles. The standard InChI is InChI=1S/C27H28ClN3O4/c1-18(2)25(30-26(32)20-10-14-22(34-3)15-11-20)27(33)31-29-16-19-8-12-23(13-9-19)35-17-21-6-4-5-7-24(21)28/h4-16,18,25H,17H2,1-3H3,(H,30,32)(H,31,33)/b29-16+. The van der Waals surface area contributed by atoms with Gasteiger partial charge in [-0.1, -0.05) is 43.6 Å². The van der Waals surface area contributed by atoms with Gasteiger partial charge in [0.05, 0.1) is 13.3 Å². The van der Waals surface area contributed by atoms with Crippen LogP contribution in [0.4, 0.5) is 0 Å². The number of hydrogen-bond acceptors (Lipinski definition) is 5. The van der Waals surface area contributed by atoms with Gasteiger partial charge in [-0.3, -0.25) is 9.59 Å². The van der Waals surface area contributed by atoms with E-state index in [0.29, 0.717) is 28.7 Å². The highest BCUT2D eigenvalue weighted by Gasteiger charge is 2.24. The zero-order valence-electron chi connectivity index (χ0n) is 19.8. The number of carbonyl (C=O) groups excluding carboxylic acids is 2. The van der Waals surface area contributed by atoms with Crippen LogP contribution in [0.15, 0.2) is 77.9 Å². The molecule has 0 saturated heterocycles. The second-order valence-electron chi connectivity index (χ2n) is 8.11. The van der Waals surface area contributed by atoms with E-state index in [1.54, 1.807) is 31.4 Å². The van der Waals surface area contributed by atoms with Gasteiger partial charge in [-0.25, -0.2) is 5.43 Å². The van der Waals surface area contributed by atoms with Crippen LogP contribution >= 0.6 is 11.6 Å². The van der Waals surface area contributed by atoms with Crippen LogP contribution in [-0.2, 0) is 11.4 Å². The molecule has 3 aromatic carbocycles. The van der Waals surface area contributed by atoms with Crippen molar-refractivity contribution in [2.24, 2.45) is 11.0 Å². The van der Waals surface area contributed by atoms with E-state index in [0.717, 1.165) is 11.1 Å². The smallest absolute Gasteiger partial charge is 0.262 e. The van der Waals surface area contributed by atoms with Gasteiger partial charge in [-0.2, -0.15) is 5.10 Å². The molecule has 0 saturated carbocycles. The zero-order chi connectivity index (χ0) is 25.2. The lowest BCUT2D eigenvalue weighted by atomic mass is 10.0. The summed E-state index contributed by atoms with van der Waals surface area (Å²) in [5.74, 6) is 0.444. The summed E-state index contributed by atoms with van der Waals surface area (Å²) in [5, 5.41) is 7.46. The van der Waals surface area contributed by atoms with E-state index in [1.165, 1.54) is 6.21 Å². The van der Waals surface area contributed by atoms with Crippen molar-refractivity contribution in [2.45, 2.75) is 26.5 Å². The molecule has 0 fully saturated rings. The summed E-state index contributed by atoms with van der Waals surface area (Å²) >= 11 is 6.15. The minimum Gasteiger partial charge on any atom is -0.497 e. The van der Waals surface area contributed by atoms with E-state index in [9.17, 15) is 9.59 Å². The number of amides is 2. The van der Waals surface area contributed by atoms with E-state index in [1.807, 2.05) is 62.4 Å². The molecule has 3 aromatic rings. The highest BCUT2D eigenvalue weighted by Crippen LogP contribution is 2.19. The Balaban J connectivity index is 1.53. The van der Waals surface area contributed by atoms with Crippen molar-refractivity contribution in [3.05, 3.63) is 94.5 Å². The molecule has 0 heterocycles. The number of hydrazone groups is 1. The van der Waals surface area contributed by atoms with Crippen molar-refractivity contribution in [3.63, 3.8) is 0 Å². The summed E-state index contributed by atoms with van der Waals surface area (Å²) in [5.41, 5.74) is 4.62. The number of rotatable bonds is 10. The monoisotopic (exact) mass is 493 g/mol. The predicted molar refractivity (Wildman–Crippen MR) is 137 cm³/mol. The summed E-state index contributed by atoms with van der Waals surface area (Å²) in [4.78, 5) is 25.2. The van der Waals surface area contributed by atoms with Gasteiger partial charge in [-0.05, 0) is 66.1 Å². The topological polar surface area (TPSA) is 89.0 Å². The van der Waals surface area contributed by atoms with E-state index < -0.39 is 11.9 Å². The fourth-order valence-corrected chi connectivity index (χ4v) is 3.36. The van der Waals surface area contributed by atoms with Crippen LogP contribution in [0.5, 0.6) is 11.5 Å². The molecule has 7 nitrogen and oxygen atoms in total. The second kappa shape index (κ2) is 12.6. The Kier molecular flexibility index (Phi) is 9.26. The molecule has 0 aliphatic carbocycles. The van der Waals surface area contributed by atoms with E-state index in [-0.39, 0.29) is 11.8 Å². The van der Waals surface area contributed by atoms with Gasteiger partial charge < -0.3 is 14.8 Å². The second-order valence-corrected chi connectivity index (χ2v) is 8.51. The summed E-state index contributed by atoms with van der Waals surface area (Å²) in [6.07, 6.45) is 1.53. The number of nitrogens with one attached hydrogen (secondary N) is 2. The number of nitrogens with zero attached hydrogens (tertiary/aromatic N) is 1. The fraction of sp³-hybridized carbons (Fsp3) is 0.222. The molecule has 2 amide bonds. The number of halogens is 1. The van der Waals surface area contributed by atoms with Crippen LogP contribution in [0.3, 0.4) is 0 Å². The summed E-state index contributed by atoms with van der Waals surface area (Å²) in [7, 11) is 1.55. The molecule has 2 N–H and O–H groups in total. The molecule has 8 heteroatoms. The minimum atomic E-state index is -0.748. The van der Waals surface area contributed by atoms with Crippen LogP contribution < -0.4 is 20.2 Å². The summed E-state index contributed by atoms with van der Waals surface area (Å²) in [6.45, 7) is 4.06. The fourth-order valence-electron chi connectivity index (χ4n) is 3.17. The molecule has 0 radical (unpaired) electrons. The van der Waals surface area contributed by atoms with Crippen molar-refractivity contribution < 1.29 is 19.1 Å². The largest absolute Gasteiger partial charge is 0.497 e. The molecule has 182 valence electrons. The highest BCUT2D eigenvalue weighted by atomic mass is 35.5. The Hall–Kier alpha value is -3.84. The summed E-state index contributed by atoms with van der Waals surface area (Å²) in [6, 6.07) is 20.7. The van der Waals surface area contributed by atoms with E-state index in [2.05, 4.69) is 15.8 Å². The first-order valence-electron chi connectivity index (χ1n) is 11.1. The van der Waals surface area contributed by atoms with Gasteiger partial charge in [0.25, 0.3) is 11.8 Å². The van der Waals surface area contributed by atoms with Gasteiger partial charge in [-0.15, -0.1) is 0 Å². The molecular formula is C27H28ClN3O4. The van der Waals surface area contributed by atoms with E-state index >= 15 is 0 Å². The first-order valence-corrected chi connectivity index (χ1v) is 11.5. The van der Waals surface area contributed by atoms with Crippen LogP contribution in [0.2, 0.25) is 5.02 Å². The maximum atomic E-state index is 12.7. The van der Waals surface area contributed by atoms with Gasteiger partial charge in [0.1, 0.15) is 24.1 Å². The Morgan fingerprint density at radius 1 is 0.971 bits per heavy atom. The average Bonchev–Trinajstić information content (AvgIpc) is 2.87. The van der Waals surface area contributed by atoms with Crippen LogP contribution in [0.1, 0.15) is 35.3 Å². The average molecular weight is 494 g/mol. The van der Waals surface area contributed by atoms with Crippen molar-refractivity contribution in [3.8, 4) is 11.5 Å². The van der Waals surface area contributed by atoms with Crippen molar-refractivity contribution in [2.75, 3.05) is 7.11 Å². The first kappa shape index (κ1) is 25.8. The van der Waals surface area contributed by atoms with Crippen molar-refractivity contribution >= 4 is 29.6 Å². The van der Waals surface area contributed by atoms with Gasteiger partial charge in [0.15, 0.2) is 0 Å². The Labute approximate surface area is 210 Å². The number of carbonyl (C=O) groups is 2. The summed E-state index contributed by atoms with van der Waals surface area (Å²) < 4.78 is 10.9. The number of hydrogen-bond donors (Lipinski definition) is 2. The van der Waals surface area contributed by atoms with Crippen LogP contribution in [0, 0.1) is 5.92 Å². The third-order valence-corrected chi connectivity index (χ3v) is 5.58. The lowest BCUT2D eigenvalue weighted by Crippen LogP contribution is -2.48. The lowest BCUT2D eigenvalue weighted by molar-refractivity contribution is -0.123. The third-order valence-electron chi connectivity index (χ3n) is 5.21. The minimum absolute atomic E-state index is 0.137. The molecule has 0 aliphatic rings. The molecule has 1 atom stereocenters. The highest BCUT2D eigenvalue weighted by molar-refractivity contribution is 6.31. The first-order chi connectivity index (χ1) is 16.9. The maximum absolute atomic E-state index is 12.7.